The van der Waals surface area contributed by atoms with Crippen LogP contribution in [0.1, 0.15) is 36.6 Å². The number of aliphatic hydroxyl groups is 1. The Kier molecular flexibility index (Phi) is 7.54. The number of aryl methyl sites for hydroxylation is 1. The van der Waals surface area contributed by atoms with Crippen molar-refractivity contribution < 1.29 is 14.6 Å². The Bertz CT molecular complexity index is 1400. The van der Waals surface area contributed by atoms with Gasteiger partial charge in [0, 0.05) is 28.7 Å². The predicted octanol–water partition coefficient (Wildman–Crippen LogP) is 3.59. The summed E-state index contributed by atoms with van der Waals surface area (Å²) in [5.41, 5.74) is 2.89. The summed E-state index contributed by atoms with van der Waals surface area (Å²) in [5.74, 6) is 1.60. The van der Waals surface area contributed by atoms with Crippen LogP contribution >= 0.6 is 11.3 Å². The number of nitrogens with zero attached hydrogens (tertiary/aromatic N) is 4. The highest BCUT2D eigenvalue weighted by molar-refractivity contribution is 7.19. The number of ether oxygens (including phenoxy) is 1. The molecule has 0 saturated carbocycles. The second-order valence-electron chi connectivity index (χ2n) is 9.67. The number of aromatic nitrogens is 4. The van der Waals surface area contributed by atoms with Gasteiger partial charge in [0.05, 0.1) is 29.3 Å². The standard InChI is InChI=1S/C26H33N7O3S/c1-4-5-22(34)27-8-9-36-20-12-18-16(13-30-32-18)10-19(20)31-24-23-17-7-6-15(26(35)33(2)3)11-21(17)37-25(23)29-14-28-24/h10,12-15,26,35H,4-9,11H2,1-3H3,(H,27,34)(H,30,32)(H,28,29,31)/t15-,26?/m0/s1. The van der Waals surface area contributed by atoms with Crippen LogP contribution in [0.3, 0.4) is 0 Å². The topological polar surface area (TPSA) is 128 Å². The molecule has 1 aromatic carbocycles. The van der Waals surface area contributed by atoms with Gasteiger partial charge in [0.1, 0.15) is 35.6 Å². The minimum absolute atomic E-state index is 0.0272. The van der Waals surface area contributed by atoms with Gasteiger partial charge in [-0.15, -0.1) is 11.3 Å². The van der Waals surface area contributed by atoms with E-state index in [1.807, 2.05) is 38.1 Å². The summed E-state index contributed by atoms with van der Waals surface area (Å²) in [6, 6.07) is 3.90. The second-order valence-corrected chi connectivity index (χ2v) is 10.7. The van der Waals surface area contributed by atoms with Crippen LogP contribution in [0.15, 0.2) is 24.7 Å². The molecule has 10 nitrogen and oxygen atoms in total. The van der Waals surface area contributed by atoms with Gasteiger partial charge in [0.15, 0.2) is 0 Å². The number of hydrogen-bond acceptors (Lipinski definition) is 9. The summed E-state index contributed by atoms with van der Waals surface area (Å²) >= 11 is 1.68. The molecule has 1 unspecified atom stereocenters. The van der Waals surface area contributed by atoms with E-state index in [0.29, 0.717) is 25.3 Å². The Labute approximate surface area is 219 Å². The van der Waals surface area contributed by atoms with Crippen molar-refractivity contribution in [3.63, 3.8) is 0 Å². The fraction of sp³-hybridized carbons (Fsp3) is 0.462. The van der Waals surface area contributed by atoms with E-state index in [2.05, 4.69) is 30.8 Å². The summed E-state index contributed by atoms with van der Waals surface area (Å²) in [4.78, 5) is 25.0. The number of anilines is 2. The number of aliphatic hydroxyl groups excluding tert-OH is 1. The molecule has 0 spiro atoms. The zero-order valence-corrected chi connectivity index (χ0v) is 22.2. The van der Waals surface area contributed by atoms with Crippen molar-refractivity contribution in [3.05, 3.63) is 35.1 Å². The van der Waals surface area contributed by atoms with Crippen molar-refractivity contribution in [2.75, 3.05) is 32.6 Å². The average molecular weight is 524 g/mol. The highest BCUT2D eigenvalue weighted by atomic mass is 32.1. The Morgan fingerprint density at radius 2 is 2.22 bits per heavy atom. The van der Waals surface area contributed by atoms with Gasteiger partial charge >= 0.3 is 0 Å². The van der Waals surface area contributed by atoms with Crippen molar-refractivity contribution in [1.82, 2.24) is 30.4 Å². The number of aromatic amines is 1. The first-order valence-corrected chi connectivity index (χ1v) is 13.5. The maximum atomic E-state index is 11.8. The fourth-order valence-electron chi connectivity index (χ4n) is 4.89. The van der Waals surface area contributed by atoms with Crippen molar-refractivity contribution >= 4 is 49.9 Å². The third-order valence-electron chi connectivity index (χ3n) is 6.79. The SMILES string of the molecule is CCCC(=O)NCCOc1cc2[nH]ncc2cc1Nc1ncnc2sc3c(c12)CC[C@H](C(O)N(C)C)C3. The van der Waals surface area contributed by atoms with Crippen LogP contribution in [0.25, 0.3) is 21.1 Å². The monoisotopic (exact) mass is 523 g/mol. The molecule has 196 valence electrons. The summed E-state index contributed by atoms with van der Waals surface area (Å²) in [7, 11) is 3.82. The maximum absolute atomic E-state index is 11.8. The van der Waals surface area contributed by atoms with Gasteiger partial charge in [0.25, 0.3) is 0 Å². The molecule has 4 N–H and O–H groups in total. The zero-order chi connectivity index (χ0) is 25.9. The van der Waals surface area contributed by atoms with Crippen molar-refractivity contribution in [2.24, 2.45) is 5.92 Å². The highest BCUT2D eigenvalue weighted by Gasteiger charge is 2.30. The van der Waals surface area contributed by atoms with Gasteiger partial charge in [-0.25, -0.2) is 9.97 Å². The van der Waals surface area contributed by atoms with Crippen LogP contribution in [-0.2, 0) is 17.6 Å². The van der Waals surface area contributed by atoms with Crippen molar-refractivity contribution in [1.29, 1.82) is 0 Å². The number of amides is 1. The van der Waals surface area contributed by atoms with E-state index in [1.165, 1.54) is 10.4 Å². The van der Waals surface area contributed by atoms with Gasteiger partial charge in [-0.1, -0.05) is 6.92 Å². The molecule has 11 heteroatoms. The Balaban J connectivity index is 1.41. The third-order valence-corrected chi connectivity index (χ3v) is 7.95. The number of carbonyl (C=O) groups excluding carboxylic acids is 1. The smallest absolute Gasteiger partial charge is 0.220 e. The first-order chi connectivity index (χ1) is 17.9. The molecule has 2 atom stereocenters. The molecule has 0 aliphatic heterocycles. The lowest BCUT2D eigenvalue weighted by atomic mass is 9.86. The number of thiophene rings is 1. The van der Waals surface area contributed by atoms with Crippen LogP contribution in [0.2, 0.25) is 0 Å². The Hall–Kier alpha value is -3.28. The first kappa shape index (κ1) is 25.4. The quantitative estimate of drug-likeness (QED) is 0.183. The average Bonchev–Trinajstić information content (AvgIpc) is 3.50. The Morgan fingerprint density at radius 1 is 1.35 bits per heavy atom. The van der Waals surface area contributed by atoms with Gasteiger partial charge < -0.3 is 20.5 Å². The van der Waals surface area contributed by atoms with E-state index in [4.69, 9.17) is 4.74 Å². The summed E-state index contributed by atoms with van der Waals surface area (Å²) in [6.07, 6.45) is 6.82. The normalized spacial score (nSPS) is 16.2. The number of H-pyrrole nitrogens is 1. The molecular formula is C26H33N7O3S. The van der Waals surface area contributed by atoms with Gasteiger partial charge in [-0.3, -0.25) is 14.8 Å². The van der Waals surface area contributed by atoms with Crippen LogP contribution < -0.4 is 15.4 Å². The Morgan fingerprint density at radius 3 is 3.03 bits per heavy atom. The minimum Gasteiger partial charge on any atom is -0.489 e. The molecule has 37 heavy (non-hydrogen) atoms. The lowest BCUT2D eigenvalue weighted by molar-refractivity contribution is -0.121. The minimum atomic E-state index is -0.463. The largest absolute Gasteiger partial charge is 0.489 e. The summed E-state index contributed by atoms with van der Waals surface area (Å²) in [6.45, 7) is 2.75. The second kappa shape index (κ2) is 11.0. The predicted molar refractivity (Wildman–Crippen MR) is 145 cm³/mol. The van der Waals surface area contributed by atoms with E-state index in [9.17, 15) is 9.90 Å². The van der Waals surface area contributed by atoms with Crippen LogP contribution in [0.4, 0.5) is 11.5 Å². The van der Waals surface area contributed by atoms with E-state index >= 15 is 0 Å². The number of nitrogens with one attached hydrogen (secondary N) is 3. The molecule has 0 radical (unpaired) electrons. The van der Waals surface area contributed by atoms with Gasteiger partial charge in [0.2, 0.25) is 5.91 Å². The molecule has 0 saturated heterocycles. The lowest BCUT2D eigenvalue weighted by Gasteiger charge is -2.30. The van der Waals surface area contributed by atoms with E-state index in [-0.39, 0.29) is 11.8 Å². The molecule has 3 aromatic heterocycles. The lowest BCUT2D eigenvalue weighted by Crippen LogP contribution is -2.37. The zero-order valence-electron chi connectivity index (χ0n) is 21.4. The molecule has 1 aliphatic carbocycles. The molecule has 4 aromatic rings. The molecule has 3 heterocycles. The summed E-state index contributed by atoms with van der Waals surface area (Å²) < 4.78 is 6.09. The number of benzene rings is 1. The molecule has 1 amide bonds. The first-order valence-electron chi connectivity index (χ1n) is 12.7. The molecule has 0 fully saturated rings. The van der Waals surface area contributed by atoms with Crippen LogP contribution in [0.5, 0.6) is 5.75 Å². The fourth-order valence-corrected chi connectivity index (χ4v) is 6.17. The third kappa shape index (κ3) is 5.39. The summed E-state index contributed by atoms with van der Waals surface area (Å²) in [5, 5.41) is 26.1. The molecule has 1 aliphatic rings. The highest BCUT2D eigenvalue weighted by Crippen LogP contribution is 2.42. The van der Waals surface area contributed by atoms with Crippen LogP contribution in [-0.4, -0.2) is 69.6 Å². The molecule has 5 rings (SSSR count). The maximum Gasteiger partial charge on any atom is 0.220 e. The molecule has 0 bridgehead atoms. The van der Waals surface area contributed by atoms with E-state index in [1.54, 1.807) is 23.9 Å². The number of hydrogen-bond donors (Lipinski definition) is 4. The van der Waals surface area contributed by atoms with E-state index < -0.39 is 6.23 Å². The van der Waals surface area contributed by atoms with E-state index in [0.717, 1.165) is 58.3 Å². The van der Waals surface area contributed by atoms with Crippen molar-refractivity contribution in [2.45, 2.75) is 45.3 Å². The van der Waals surface area contributed by atoms with Gasteiger partial charge in [-0.05, 0) is 51.4 Å². The van der Waals surface area contributed by atoms with Gasteiger partial charge in [-0.2, -0.15) is 5.10 Å². The van der Waals surface area contributed by atoms with Crippen LogP contribution in [0, 0.1) is 5.92 Å². The molecular weight excluding hydrogens is 490 g/mol. The van der Waals surface area contributed by atoms with Crippen molar-refractivity contribution in [3.8, 4) is 5.75 Å². The number of fused-ring (bicyclic) bond motifs is 4. The number of rotatable bonds is 10. The number of carbonyl (C=O) groups is 1.